The van der Waals surface area contributed by atoms with Gasteiger partial charge in [0.25, 0.3) is 0 Å². The summed E-state index contributed by atoms with van der Waals surface area (Å²) in [5.41, 5.74) is 0.893. The van der Waals surface area contributed by atoms with Crippen LogP contribution in [0.1, 0.15) is 38.2 Å². The average molecular weight is 408 g/mol. The largest absolute Gasteiger partial charge is 1.00 e. The zero-order valence-corrected chi connectivity index (χ0v) is 18.4. The van der Waals surface area contributed by atoms with Crippen molar-refractivity contribution in [2.75, 3.05) is 13.2 Å². The summed E-state index contributed by atoms with van der Waals surface area (Å²) >= 11 is 5.79. The zero-order chi connectivity index (χ0) is 19.4. The van der Waals surface area contributed by atoms with Crippen LogP contribution in [0, 0.1) is 0 Å². The smallest absolute Gasteiger partial charge is 0.548 e. The van der Waals surface area contributed by atoms with Crippen LogP contribution in [-0.4, -0.2) is 37.3 Å². The van der Waals surface area contributed by atoms with Crippen LogP contribution in [0.25, 0.3) is 0 Å². The molecule has 0 aromatic heterocycles. The second kappa shape index (κ2) is 14.7. The van der Waals surface area contributed by atoms with E-state index in [1.807, 2.05) is 6.92 Å². The number of hydrogen-bond acceptors (Lipinski definition) is 6. The van der Waals surface area contributed by atoms with E-state index >= 15 is 0 Å². The van der Waals surface area contributed by atoms with E-state index in [0.29, 0.717) is 30.7 Å². The van der Waals surface area contributed by atoms with Crippen molar-refractivity contribution < 1.29 is 58.5 Å². The Hall–Kier alpha value is -1.28. The number of aryl methyl sites for hydroxylation is 1. The van der Waals surface area contributed by atoms with Gasteiger partial charge in [0.2, 0.25) is 0 Å². The van der Waals surface area contributed by atoms with E-state index in [-0.39, 0.29) is 55.2 Å². The Morgan fingerprint density at radius 3 is 2.37 bits per heavy atom. The fraction of sp³-hybridized carbons (Fsp3) is 0.500. The minimum absolute atomic E-state index is 0. The van der Waals surface area contributed by atoms with Gasteiger partial charge in [0.15, 0.2) is 0 Å². The summed E-state index contributed by atoms with van der Waals surface area (Å²) in [5.74, 6) is -1.68. The molecule has 7 nitrogen and oxygen atoms in total. The molecule has 1 rings (SSSR count). The molecule has 27 heavy (non-hydrogen) atoms. The van der Waals surface area contributed by atoms with E-state index in [1.54, 1.807) is 24.3 Å². The molecule has 1 N–H and O–H groups in total. The van der Waals surface area contributed by atoms with Crippen LogP contribution in [0.15, 0.2) is 24.3 Å². The third kappa shape index (κ3) is 11.9. The summed E-state index contributed by atoms with van der Waals surface area (Å²) in [6.07, 6.45) is 1.14. The number of alkyl carbamates (subject to hydrolysis) is 1. The SMILES string of the molecule is CCCC(=O)OCCCOC(=O)NC(CCc1ccc(Cl)cc1)C(=O)[O-].[Na+]. The number of esters is 1. The van der Waals surface area contributed by atoms with E-state index in [9.17, 15) is 19.5 Å². The Balaban J connectivity index is 0.00000676. The first-order valence-corrected chi connectivity index (χ1v) is 8.84. The molecule has 1 amide bonds. The topological polar surface area (TPSA) is 105 Å². The normalized spacial score (nSPS) is 11.0. The Bertz CT molecular complexity index is 596. The Morgan fingerprint density at radius 1 is 1.15 bits per heavy atom. The summed E-state index contributed by atoms with van der Waals surface area (Å²) in [6.45, 7) is 2.03. The van der Waals surface area contributed by atoms with Crippen LogP contribution < -0.4 is 40.0 Å². The van der Waals surface area contributed by atoms with Crippen molar-refractivity contribution in [3.63, 3.8) is 0 Å². The van der Waals surface area contributed by atoms with Gasteiger partial charge in [-0.3, -0.25) is 4.79 Å². The van der Waals surface area contributed by atoms with Gasteiger partial charge in [-0.1, -0.05) is 30.7 Å². The van der Waals surface area contributed by atoms with Crippen molar-refractivity contribution in [2.24, 2.45) is 0 Å². The summed E-state index contributed by atoms with van der Waals surface area (Å²) in [7, 11) is 0. The maximum Gasteiger partial charge on any atom is 1.00 e. The molecule has 0 aliphatic heterocycles. The number of carboxylic acids is 1. The Morgan fingerprint density at radius 2 is 1.78 bits per heavy atom. The van der Waals surface area contributed by atoms with Gasteiger partial charge in [-0.25, -0.2) is 4.79 Å². The molecule has 0 saturated heterocycles. The molecular formula is C18H23ClNNaO6. The monoisotopic (exact) mass is 407 g/mol. The molecule has 1 aromatic rings. The van der Waals surface area contributed by atoms with Crippen LogP contribution >= 0.6 is 11.6 Å². The molecule has 9 heteroatoms. The summed E-state index contributed by atoms with van der Waals surface area (Å²) < 4.78 is 9.80. The first-order chi connectivity index (χ1) is 12.4. The third-order valence-corrected chi connectivity index (χ3v) is 3.70. The van der Waals surface area contributed by atoms with Crippen LogP contribution in [0.3, 0.4) is 0 Å². The van der Waals surface area contributed by atoms with Crippen molar-refractivity contribution in [1.29, 1.82) is 0 Å². The second-order valence-corrected chi connectivity index (χ2v) is 6.08. The van der Waals surface area contributed by atoms with Gasteiger partial charge >= 0.3 is 41.6 Å². The predicted octanol–water partition coefficient (Wildman–Crippen LogP) is -1.15. The zero-order valence-electron chi connectivity index (χ0n) is 15.7. The first-order valence-electron chi connectivity index (χ1n) is 8.46. The predicted molar refractivity (Wildman–Crippen MR) is 93.5 cm³/mol. The van der Waals surface area contributed by atoms with Gasteiger partial charge in [-0.15, -0.1) is 0 Å². The molecule has 0 bridgehead atoms. The van der Waals surface area contributed by atoms with Crippen LogP contribution in [0.2, 0.25) is 5.02 Å². The van der Waals surface area contributed by atoms with Gasteiger partial charge in [0, 0.05) is 17.9 Å². The van der Waals surface area contributed by atoms with Gasteiger partial charge in [0.1, 0.15) is 0 Å². The van der Waals surface area contributed by atoms with E-state index in [1.165, 1.54) is 0 Å². The van der Waals surface area contributed by atoms with Crippen molar-refractivity contribution in [3.05, 3.63) is 34.9 Å². The first kappa shape index (κ1) is 25.7. The number of halogens is 1. The van der Waals surface area contributed by atoms with Crippen molar-refractivity contribution in [2.45, 2.75) is 45.1 Å². The second-order valence-electron chi connectivity index (χ2n) is 5.64. The molecule has 0 heterocycles. The molecular weight excluding hydrogens is 385 g/mol. The fourth-order valence-corrected chi connectivity index (χ4v) is 2.21. The number of carbonyl (C=O) groups excluding carboxylic acids is 3. The third-order valence-electron chi connectivity index (χ3n) is 3.45. The number of carboxylic acid groups (broad SMARTS) is 1. The Kier molecular flexibility index (Phi) is 14.0. The molecule has 0 radical (unpaired) electrons. The Labute approximate surface area is 186 Å². The number of amides is 1. The number of rotatable bonds is 11. The summed E-state index contributed by atoms with van der Waals surface area (Å²) in [6, 6.07) is 5.82. The number of carbonyl (C=O) groups is 3. The minimum Gasteiger partial charge on any atom is -0.548 e. The fourth-order valence-electron chi connectivity index (χ4n) is 2.08. The van der Waals surface area contributed by atoms with Gasteiger partial charge < -0.3 is 24.7 Å². The molecule has 0 aliphatic carbocycles. The molecule has 0 saturated carbocycles. The van der Waals surface area contributed by atoms with Crippen molar-refractivity contribution >= 4 is 29.6 Å². The quantitative estimate of drug-likeness (QED) is 0.282. The molecule has 144 valence electrons. The average Bonchev–Trinajstić information content (AvgIpc) is 2.59. The minimum atomic E-state index is -1.38. The maximum absolute atomic E-state index is 11.7. The van der Waals surface area contributed by atoms with Crippen molar-refractivity contribution in [3.8, 4) is 0 Å². The summed E-state index contributed by atoms with van der Waals surface area (Å²) in [5, 5.41) is 14.0. The van der Waals surface area contributed by atoms with E-state index in [2.05, 4.69) is 5.32 Å². The molecule has 0 fully saturated rings. The van der Waals surface area contributed by atoms with Gasteiger partial charge in [-0.05, 0) is 37.0 Å². The number of benzene rings is 1. The molecule has 1 atom stereocenters. The van der Waals surface area contributed by atoms with Gasteiger partial charge in [-0.2, -0.15) is 0 Å². The number of nitrogens with one attached hydrogen (secondary N) is 1. The van der Waals surface area contributed by atoms with Crippen LogP contribution in [-0.2, 0) is 25.5 Å². The van der Waals surface area contributed by atoms with E-state index in [4.69, 9.17) is 21.1 Å². The molecule has 1 aromatic carbocycles. The number of ether oxygens (including phenoxy) is 2. The van der Waals surface area contributed by atoms with Crippen LogP contribution in [0.5, 0.6) is 0 Å². The van der Waals surface area contributed by atoms with Crippen LogP contribution in [0.4, 0.5) is 4.79 Å². The molecule has 1 unspecified atom stereocenters. The number of aliphatic carboxylic acids is 1. The van der Waals surface area contributed by atoms with Gasteiger partial charge in [0.05, 0.1) is 25.2 Å². The molecule has 0 spiro atoms. The van der Waals surface area contributed by atoms with E-state index < -0.39 is 18.1 Å². The van der Waals surface area contributed by atoms with E-state index in [0.717, 1.165) is 5.56 Å². The maximum atomic E-state index is 11.7. The molecule has 0 aliphatic rings. The standard InChI is InChI=1S/C18H24ClNO6.Na/c1-2-4-16(21)25-11-3-12-26-18(24)20-15(17(22)23)10-7-13-5-8-14(19)9-6-13;/h5-6,8-9,15H,2-4,7,10-12H2,1H3,(H,20,24)(H,22,23);/q;+1/p-1. The van der Waals surface area contributed by atoms with Crippen molar-refractivity contribution in [1.82, 2.24) is 5.32 Å². The summed E-state index contributed by atoms with van der Waals surface area (Å²) in [4.78, 5) is 34.0. The number of hydrogen-bond donors (Lipinski definition) is 1.